The highest BCUT2D eigenvalue weighted by Crippen LogP contribution is 2.33. The predicted molar refractivity (Wildman–Crippen MR) is 133 cm³/mol. The van der Waals surface area contributed by atoms with Crippen LogP contribution in [0.5, 0.6) is 0 Å². The summed E-state index contributed by atoms with van der Waals surface area (Å²) in [6.07, 6.45) is 6.50. The molecule has 0 saturated carbocycles. The summed E-state index contributed by atoms with van der Waals surface area (Å²) < 4.78 is 0. The first-order valence-electron chi connectivity index (χ1n) is 12.7. The predicted octanol–water partition coefficient (Wildman–Crippen LogP) is 4.16. The van der Waals surface area contributed by atoms with Crippen molar-refractivity contribution in [2.45, 2.75) is 50.7 Å². The second kappa shape index (κ2) is 9.35. The zero-order chi connectivity index (χ0) is 22.9. The van der Waals surface area contributed by atoms with E-state index in [-0.39, 0.29) is 5.91 Å². The van der Waals surface area contributed by atoms with Crippen molar-refractivity contribution in [1.29, 1.82) is 0 Å². The van der Waals surface area contributed by atoms with E-state index in [4.69, 9.17) is 0 Å². The van der Waals surface area contributed by atoms with Gasteiger partial charge in [0.05, 0.1) is 18.4 Å². The minimum absolute atomic E-state index is 0.221. The Morgan fingerprint density at radius 3 is 2.68 bits per heavy atom. The van der Waals surface area contributed by atoms with Gasteiger partial charge in [0.25, 0.3) is 5.91 Å². The van der Waals surface area contributed by atoms with Crippen molar-refractivity contribution >= 4 is 5.91 Å². The number of H-pyrrole nitrogens is 1. The minimum Gasteiger partial charge on any atom is -0.341 e. The second-order valence-electron chi connectivity index (χ2n) is 10.0. The maximum absolute atomic E-state index is 13.0. The van der Waals surface area contributed by atoms with E-state index in [1.54, 1.807) is 0 Å². The molecule has 176 valence electrons. The number of carbonyl (C=O) groups is 1. The summed E-state index contributed by atoms with van der Waals surface area (Å²) in [7, 11) is 0. The van der Waals surface area contributed by atoms with E-state index in [0.29, 0.717) is 12.0 Å². The molecule has 6 rings (SSSR count). The molecule has 0 aliphatic carbocycles. The fourth-order valence-corrected chi connectivity index (χ4v) is 5.85. The van der Waals surface area contributed by atoms with Crippen LogP contribution in [0, 0.1) is 0 Å². The quantitative estimate of drug-likeness (QED) is 0.606. The highest BCUT2D eigenvalue weighted by atomic mass is 16.2. The van der Waals surface area contributed by atoms with Crippen LogP contribution in [0.15, 0.2) is 54.7 Å². The van der Waals surface area contributed by atoms with Crippen molar-refractivity contribution < 1.29 is 4.79 Å². The van der Waals surface area contributed by atoms with Gasteiger partial charge in [-0.3, -0.25) is 9.69 Å². The van der Waals surface area contributed by atoms with Gasteiger partial charge in [-0.05, 0) is 74.0 Å². The Hall–Kier alpha value is -2.96. The van der Waals surface area contributed by atoms with E-state index in [9.17, 15) is 4.79 Å². The van der Waals surface area contributed by atoms with Gasteiger partial charge < -0.3 is 15.2 Å². The van der Waals surface area contributed by atoms with Gasteiger partial charge in [-0.15, -0.1) is 0 Å². The zero-order valence-corrected chi connectivity index (χ0v) is 19.7. The number of nitrogens with one attached hydrogen (secondary N) is 2. The van der Waals surface area contributed by atoms with Gasteiger partial charge in [0.2, 0.25) is 0 Å². The molecule has 0 spiro atoms. The van der Waals surface area contributed by atoms with Crippen molar-refractivity contribution in [2.24, 2.45) is 0 Å². The lowest BCUT2D eigenvalue weighted by molar-refractivity contribution is 0.0674. The number of benzene rings is 2. The number of nitrogens with zero attached hydrogens (tertiary/aromatic N) is 3. The van der Waals surface area contributed by atoms with E-state index in [1.165, 1.54) is 16.7 Å². The number of imidazole rings is 1. The number of piperidine rings is 2. The third-order valence-corrected chi connectivity index (χ3v) is 7.82. The highest BCUT2D eigenvalue weighted by Gasteiger charge is 2.34. The first-order valence-corrected chi connectivity index (χ1v) is 12.7. The largest absolute Gasteiger partial charge is 0.341 e. The second-order valence-corrected chi connectivity index (χ2v) is 10.0. The smallest absolute Gasteiger partial charge is 0.254 e. The molecule has 3 aliphatic heterocycles. The van der Waals surface area contributed by atoms with E-state index >= 15 is 0 Å². The molecule has 2 fully saturated rings. The van der Waals surface area contributed by atoms with Crippen LogP contribution in [0.2, 0.25) is 0 Å². The topological polar surface area (TPSA) is 64.3 Å². The third-order valence-electron chi connectivity index (χ3n) is 7.82. The molecule has 6 heteroatoms. The summed E-state index contributed by atoms with van der Waals surface area (Å²) in [5.74, 6) is 1.82. The number of aromatic amines is 1. The Kier molecular flexibility index (Phi) is 5.93. The summed E-state index contributed by atoms with van der Waals surface area (Å²) in [4.78, 5) is 25.7. The fraction of sp³-hybridized carbons (Fsp3) is 0.429. The Morgan fingerprint density at radius 2 is 1.88 bits per heavy atom. The number of likely N-dealkylation sites (tertiary alicyclic amines) is 1. The lowest BCUT2D eigenvalue weighted by Crippen LogP contribution is -2.46. The molecule has 3 aromatic rings. The molecule has 1 unspecified atom stereocenters. The van der Waals surface area contributed by atoms with Gasteiger partial charge in [-0.2, -0.15) is 0 Å². The molecule has 0 bridgehead atoms. The van der Waals surface area contributed by atoms with Gasteiger partial charge in [-0.1, -0.05) is 42.5 Å². The molecular formula is C28H33N5O. The van der Waals surface area contributed by atoms with Crippen LogP contribution >= 0.6 is 0 Å². The number of carbonyl (C=O) groups excluding carboxylic acids is 1. The van der Waals surface area contributed by atoms with Crippen LogP contribution in [-0.2, 0) is 13.1 Å². The molecule has 3 aliphatic rings. The van der Waals surface area contributed by atoms with Crippen molar-refractivity contribution in [3.63, 3.8) is 0 Å². The molecule has 1 amide bonds. The van der Waals surface area contributed by atoms with Crippen LogP contribution in [0.4, 0.5) is 0 Å². The van der Waals surface area contributed by atoms with Crippen LogP contribution in [0.25, 0.3) is 11.3 Å². The van der Waals surface area contributed by atoms with Gasteiger partial charge >= 0.3 is 0 Å². The van der Waals surface area contributed by atoms with Gasteiger partial charge in [-0.25, -0.2) is 4.98 Å². The number of hydrogen-bond donors (Lipinski definition) is 2. The monoisotopic (exact) mass is 455 g/mol. The molecule has 34 heavy (non-hydrogen) atoms. The molecule has 6 nitrogen and oxygen atoms in total. The number of amides is 1. The fourth-order valence-electron chi connectivity index (χ4n) is 5.85. The normalized spacial score (nSPS) is 21.7. The number of hydrogen-bond acceptors (Lipinski definition) is 4. The highest BCUT2D eigenvalue weighted by molar-refractivity contribution is 5.98. The average Bonchev–Trinajstić information content (AvgIpc) is 3.50. The van der Waals surface area contributed by atoms with Crippen molar-refractivity contribution in [1.82, 2.24) is 25.1 Å². The minimum atomic E-state index is 0.221. The Bertz CT molecular complexity index is 1140. The van der Waals surface area contributed by atoms with Crippen molar-refractivity contribution in [2.75, 3.05) is 26.2 Å². The zero-order valence-electron chi connectivity index (χ0n) is 19.7. The summed E-state index contributed by atoms with van der Waals surface area (Å²) in [6, 6.07) is 17.3. The van der Waals surface area contributed by atoms with Gasteiger partial charge in [0, 0.05) is 24.7 Å². The van der Waals surface area contributed by atoms with Gasteiger partial charge in [0.15, 0.2) is 0 Å². The lowest BCUT2D eigenvalue weighted by atomic mass is 9.88. The Labute approximate surface area is 201 Å². The van der Waals surface area contributed by atoms with Crippen molar-refractivity contribution in [3.8, 4) is 11.3 Å². The van der Waals surface area contributed by atoms with Gasteiger partial charge in [0.1, 0.15) is 5.82 Å². The number of rotatable bonds is 5. The van der Waals surface area contributed by atoms with E-state index in [2.05, 4.69) is 67.5 Å². The summed E-state index contributed by atoms with van der Waals surface area (Å²) >= 11 is 0. The van der Waals surface area contributed by atoms with Crippen molar-refractivity contribution in [3.05, 3.63) is 77.2 Å². The lowest BCUT2D eigenvalue weighted by Gasteiger charge is -2.32. The number of aromatic nitrogens is 2. The maximum atomic E-state index is 13.0. The SMILES string of the molecule is O=C1c2ccc(C3CCN(Cc4ncc(-c5ccccc5)[nH]4)CC3)cc2CN1C1CCCNC1. The molecule has 0 radical (unpaired) electrons. The molecule has 2 N–H and O–H groups in total. The van der Waals surface area contributed by atoms with E-state index in [0.717, 1.165) is 82.0 Å². The summed E-state index contributed by atoms with van der Waals surface area (Å²) in [5.41, 5.74) is 5.79. The molecule has 2 saturated heterocycles. The number of fused-ring (bicyclic) bond motifs is 1. The first-order chi connectivity index (χ1) is 16.7. The molecule has 4 heterocycles. The first kappa shape index (κ1) is 21.6. The molecule has 1 atom stereocenters. The molecule has 2 aromatic carbocycles. The summed E-state index contributed by atoms with van der Waals surface area (Å²) in [6.45, 7) is 5.78. The Morgan fingerprint density at radius 1 is 1.03 bits per heavy atom. The maximum Gasteiger partial charge on any atom is 0.254 e. The molecular weight excluding hydrogens is 422 g/mol. The van der Waals surface area contributed by atoms with E-state index < -0.39 is 0 Å². The van der Waals surface area contributed by atoms with E-state index in [1.807, 2.05) is 12.3 Å². The third kappa shape index (κ3) is 4.28. The Balaban J connectivity index is 1.06. The van der Waals surface area contributed by atoms with Crippen LogP contribution in [-0.4, -0.2) is 57.9 Å². The van der Waals surface area contributed by atoms with Crippen LogP contribution in [0.1, 0.15) is 58.9 Å². The standard InChI is InChI=1S/C28H33N5O/c34-28-25-9-8-22(15-23(25)18-33(28)24-7-4-12-29-16-24)20-10-13-32(14-11-20)19-27-30-17-26(31-27)21-5-2-1-3-6-21/h1-3,5-6,8-9,15,17,20,24,29H,4,7,10-14,16,18-19H2,(H,30,31). The summed E-state index contributed by atoms with van der Waals surface area (Å²) in [5, 5.41) is 3.45. The van der Waals surface area contributed by atoms with Crippen LogP contribution < -0.4 is 5.32 Å². The van der Waals surface area contributed by atoms with Crippen LogP contribution in [0.3, 0.4) is 0 Å². The average molecular weight is 456 g/mol. The molecule has 1 aromatic heterocycles.